The number of esters is 1. The molecule has 1 aromatic rings. The zero-order valence-corrected chi connectivity index (χ0v) is 26.2. The number of benzene rings is 1. The molecule has 2 aliphatic rings. The predicted molar refractivity (Wildman–Crippen MR) is 166 cm³/mol. The highest BCUT2D eigenvalue weighted by atomic mass is 16.5. The van der Waals surface area contributed by atoms with Gasteiger partial charge in [0, 0.05) is 42.0 Å². The Bertz CT molecular complexity index is 1250. The number of unbranched alkanes of at least 4 members (excludes halogenated alkanes) is 2. The van der Waals surface area contributed by atoms with Gasteiger partial charge in [0.15, 0.2) is 0 Å². The lowest BCUT2D eigenvalue weighted by Crippen LogP contribution is -2.59. The van der Waals surface area contributed by atoms with Gasteiger partial charge < -0.3 is 9.64 Å². The molecule has 0 aromatic heterocycles. The van der Waals surface area contributed by atoms with Crippen molar-refractivity contribution in [2.45, 2.75) is 91.5 Å². The first kappa shape index (κ1) is 32.8. The van der Waals surface area contributed by atoms with E-state index in [0.29, 0.717) is 26.1 Å². The van der Waals surface area contributed by atoms with E-state index >= 15 is 0 Å². The zero-order valence-electron chi connectivity index (χ0n) is 26.2. The molecule has 1 fully saturated rings. The van der Waals surface area contributed by atoms with Crippen molar-refractivity contribution in [3.8, 4) is 0 Å². The van der Waals surface area contributed by atoms with Crippen molar-refractivity contribution in [3.05, 3.63) is 65.9 Å². The molecule has 1 unspecified atom stereocenters. The molecule has 8 heteroatoms. The fourth-order valence-corrected chi connectivity index (χ4v) is 5.75. The van der Waals surface area contributed by atoms with Gasteiger partial charge in [-0.3, -0.25) is 19.4 Å². The van der Waals surface area contributed by atoms with E-state index in [1.54, 1.807) is 19.9 Å². The van der Waals surface area contributed by atoms with Crippen molar-refractivity contribution in [2.75, 3.05) is 24.6 Å². The Morgan fingerprint density at radius 2 is 1.71 bits per heavy atom. The van der Waals surface area contributed by atoms with Crippen molar-refractivity contribution in [3.63, 3.8) is 0 Å². The highest BCUT2D eigenvalue weighted by Gasteiger charge is 2.44. The first-order valence-electron chi connectivity index (χ1n) is 15.3. The smallest absolute Gasteiger partial charge is 0.334 e. The summed E-state index contributed by atoms with van der Waals surface area (Å²) in [4.78, 5) is 56.7. The number of rotatable bonds is 14. The van der Waals surface area contributed by atoms with Gasteiger partial charge in [-0.1, -0.05) is 71.7 Å². The van der Waals surface area contributed by atoms with E-state index in [4.69, 9.17) is 4.74 Å². The van der Waals surface area contributed by atoms with E-state index in [2.05, 4.69) is 51.3 Å². The number of anilines is 1. The minimum Gasteiger partial charge on any atom is -0.463 e. The number of hydrogen-bond acceptors (Lipinski definition) is 6. The van der Waals surface area contributed by atoms with Crippen LogP contribution < -0.4 is 4.90 Å². The van der Waals surface area contributed by atoms with Crippen LogP contribution in [0, 0.1) is 5.92 Å². The van der Waals surface area contributed by atoms with Crippen LogP contribution in [-0.2, 0) is 24.5 Å². The third-order valence-electron chi connectivity index (χ3n) is 8.26. The van der Waals surface area contributed by atoms with E-state index in [-0.39, 0.29) is 22.9 Å². The van der Waals surface area contributed by atoms with Crippen molar-refractivity contribution in [1.29, 1.82) is 0 Å². The lowest BCUT2D eigenvalue weighted by molar-refractivity contribution is -0.138. The standard InChI is InChI=1S/C34H47N3O5/c1-8-11-16-25(9-2)23-36-31(39)26(32(40)37(24(4)5)33(36)41)19-20-29-34(6,7)27-17-12-13-18-28(27)35(29)21-14-15-22-42-30(38)10-3/h10,12-13,17-20,24-25H,3,8-9,11,14-16,21-23H2,1-2,4-7H3/b26-19-,29-20-. The molecule has 0 saturated carbocycles. The van der Waals surface area contributed by atoms with Gasteiger partial charge in [0.05, 0.1) is 6.61 Å². The molecule has 2 heterocycles. The Kier molecular flexibility index (Phi) is 11.3. The maximum Gasteiger partial charge on any atom is 0.334 e. The quantitative estimate of drug-likeness (QED) is 0.108. The van der Waals surface area contributed by atoms with Gasteiger partial charge in [0.25, 0.3) is 11.8 Å². The Balaban J connectivity index is 1.96. The molecule has 42 heavy (non-hydrogen) atoms. The molecule has 0 bridgehead atoms. The zero-order chi connectivity index (χ0) is 31.0. The number of allylic oxidation sites excluding steroid dienone is 3. The van der Waals surface area contributed by atoms with E-state index in [0.717, 1.165) is 55.1 Å². The number of para-hydroxylation sites is 1. The summed E-state index contributed by atoms with van der Waals surface area (Å²) in [5, 5.41) is 0. The molecule has 2 aliphatic heterocycles. The molecular formula is C34H47N3O5. The number of nitrogens with zero attached hydrogens (tertiary/aromatic N) is 3. The minimum absolute atomic E-state index is 0.00388. The van der Waals surface area contributed by atoms with E-state index in [1.165, 1.54) is 9.80 Å². The van der Waals surface area contributed by atoms with E-state index in [1.807, 2.05) is 18.2 Å². The molecule has 1 saturated heterocycles. The number of carbonyl (C=O) groups is 4. The summed E-state index contributed by atoms with van der Waals surface area (Å²) in [6, 6.07) is 7.26. The van der Waals surface area contributed by atoms with Crippen LogP contribution in [0.4, 0.5) is 10.5 Å². The fraction of sp³-hybridized carbons (Fsp3) is 0.529. The number of hydrogen-bond donors (Lipinski definition) is 0. The molecule has 0 aliphatic carbocycles. The summed E-state index contributed by atoms with van der Waals surface area (Å²) < 4.78 is 5.14. The molecule has 4 amide bonds. The van der Waals surface area contributed by atoms with Crippen molar-refractivity contribution in [1.82, 2.24) is 9.80 Å². The van der Waals surface area contributed by atoms with Crippen LogP contribution in [0.25, 0.3) is 0 Å². The Morgan fingerprint density at radius 3 is 2.36 bits per heavy atom. The van der Waals surface area contributed by atoms with Crippen LogP contribution >= 0.6 is 0 Å². The molecule has 3 rings (SSSR count). The Hall–Kier alpha value is -3.68. The summed E-state index contributed by atoms with van der Waals surface area (Å²) in [5.41, 5.74) is 2.79. The fourth-order valence-electron chi connectivity index (χ4n) is 5.75. The highest BCUT2D eigenvalue weighted by Crippen LogP contribution is 2.47. The average molecular weight is 578 g/mol. The maximum atomic E-state index is 13.7. The van der Waals surface area contributed by atoms with Crippen molar-refractivity contribution >= 4 is 29.5 Å². The van der Waals surface area contributed by atoms with E-state index in [9.17, 15) is 19.2 Å². The number of imide groups is 2. The Labute approximate surface area is 251 Å². The molecule has 0 radical (unpaired) electrons. The van der Waals surface area contributed by atoms with Gasteiger partial charge in [-0.25, -0.2) is 9.59 Å². The average Bonchev–Trinajstić information content (AvgIpc) is 3.17. The van der Waals surface area contributed by atoms with Crippen LogP contribution in [0.3, 0.4) is 0 Å². The first-order valence-corrected chi connectivity index (χ1v) is 15.3. The van der Waals surface area contributed by atoms with E-state index < -0.39 is 23.8 Å². The lowest BCUT2D eigenvalue weighted by Gasteiger charge is -2.37. The number of ether oxygens (including phenoxy) is 1. The van der Waals surface area contributed by atoms with Crippen LogP contribution in [0.2, 0.25) is 0 Å². The molecule has 0 N–H and O–H groups in total. The topological polar surface area (TPSA) is 87.2 Å². The number of fused-ring (bicyclic) bond motifs is 1. The first-order chi connectivity index (χ1) is 20.0. The van der Waals surface area contributed by atoms with Gasteiger partial charge in [0.2, 0.25) is 0 Å². The van der Waals surface area contributed by atoms with Gasteiger partial charge in [-0.15, -0.1) is 0 Å². The molecule has 8 nitrogen and oxygen atoms in total. The van der Waals surface area contributed by atoms with Crippen LogP contribution in [0.15, 0.2) is 60.3 Å². The number of amides is 4. The summed E-state index contributed by atoms with van der Waals surface area (Å²) in [7, 11) is 0. The van der Waals surface area contributed by atoms with Crippen molar-refractivity contribution in [2.24, 2.45) is 5.92 Å². The Morgan fingerprint density at radius 1 is 1.00 bits per heavy atom. The number of urea groups is 1. The maximum absolute atomic E-state index is 13.7. The SMILES string of the molecule is C=CC(=O)OCCCCN1/C(=C\C=C2\C(=O)N(CC(CC)CCCC)C(=O)N(C(C)C)C2=O)C(C)(C)c2ccccc21. The normalized spacial score (nSPS) is 19.2. The second kappa shape index (κ2) is 14.5. The second-order valence-corrected chi connectivity index (χ2v) is 11.9. The molecule has 228 valence electrons. The highest BCUT2D eigenvalue weighted by molar-refractivity contribution is 6.29. The monoisotopic (exact) mass is 577 g/mol. The van der Waals surface area contributed by atoms with Gasteiger partial charge in [-0.05, 0) is 62.8 Å². The number of barbiturate groups is 1. The van der Waals surface area contributed by atoms with Crippen molar-refractivity contribution < 1.29 is 23.9 Å². The molecular weight excluding hydrogens is 530 g/mol. The van der Waals surface area contributed by atoms with Crippen LogP contribution in [-0.4, -0.2) is 59.4 Å². The lowest BCUT2D eigenvalue weighted by atomic mass is 9.83. The van der Waals surface area contributed by atoms with Gasteiger partial charge in [0.1, 0.15) is 5.57 Å². The molecule has 1 aromatic carbocycles. The van der Waals surface area contributed by atoms with Crippen LogP contribution in [0.1, 0.15) is 85.6 Å². The van der Waals surface area contributed by atoms with Gasteiger partial charge >= 0.3 is 12.0 Å². The number of carbonyl (C=O) groups excluding carboxylic acids is 4. The third kappa shape index (κ3) is 7.02. The minimum atomic E-state index is -0.557. The van der Waals surface area contributed by atoms with Gasteiger partial charge in [-0.2, -0.15) is 0 Å². The summed E-state index contributed by atoms with van der Waals surface area (Å²) in [6.45, 7) is 16.7. The van der Waals surface area contributed by atoms with Crippen LogP contribution in [0.5, 0.6) is 0 Å². The summed E-state index contributed by atoms with van der Waals surface area (Å²) in [5.74, 6) is -1.34. The molecule has 1 atom stereocenters. The predicted octanol–water partition coefficient (Wildman–Crippen LogP) is 6.52. The third-order valence-corrected chi connectivity index (χ3v) is 8.26. The summed E-state index contributed by atoms with van der Waals surface area (Å²) >= 11 is 0. The largest absolute Gasteiger partial charge is 0.463 e. The molecule has 0 spiro atoms. The summed E-state index contributed by atoms with van der Waals surface area (Å²) in [6.07, 6.45) is 9.92. The second-order valence-electron chi connectivity index (χ2n) is 11.9.